The Labute approximate surface area is 220 Å². The molecule has 1 amide bonds. The predicted octanol–water partition coefficient (Wildman–Crippen LogP) is 4.67. The molecule has 0 saturated carbocycles. The normalized spacial score (nSPS) is 13.1. The summed E-state index contributed by atoms with van der Waals surface area (Å²) in [6, 6.07) is 0. The zero-order chi connectivity index (χ0) is 27.4. The molecule has 0 aromatic rings. The van der Waals surface area contributed by atoms with E-state index in [2.05, 4.69) is 11.9 Å². The summed E-state index contributed by atoms with van der Waals surface area (Å²) in [6.45, 7) is 11.7. The van der Waals surface area contributed by atoms with Crippen LogP contribution in [-0.4, -0.2) is 69.0 Å². The predicted molar refractivity (Wildman–Crippen MR) is 141 cm³/mol. The van der Waals surface area contributed by atoms with Crippen LogP contribution in [0.2, 0.25) is 0 Å². The van der Waals surface area contributed by atoms with Crippen LogP contribution in [0.4, 0.5) is 4.79 Å². The molecule has 0 bridgehead atoms. The fourth-order valence-corrected chi connectivity index (χ4v) is 4.50. The van der Waals surface area contributed by atoms with Crippen molar-refractivity contribution in [3.05, 3.63) is 12.2 Å². The lowest BCUT2D eigenvalue weighted by Gasteiger charge is -2.28. The number of hydrogen-bond acceptors (Lipinski definition) is 9. The van der Waals surface area contributed by atoms with Crippen molar-refractivity contribution in [2.75, 3.05) is 45.0 Å². The van der Waals surface area contributed by atoms with E-state index >= 15 is 0 Å². The van der Waals surface area contributed by atoms with Gasteiger partial charge in [0.2, 0.25) is 0 Å². The fraction of sp³-hybridized carbons (Fsp3) is 0.769. The summed E-state index contributed by atoms with van der Waals surface area (Å²) in [5.41, 5.74) is -0.449. The van der Waals surface area contributed by atoms with Crippen molar-refractivity contribution in [3.8, 4) is 0 Å². The highest BCUT2D eigenvalue weighted by molar-refractivity contribution is 7.99. The monoisotopic (exact) mass is 531 g/mol. The molecule has 36 heavy (non-hydrogen) atoms. The summed E-state index contributed by atoms with van der Waals surface area (Å²) < 4.78 is 20.3. The first-order valence-corrected chi connectivity index (χ1v) is 13.8. The first-order valence-electron chi connectivity index (χ1n) is 12.6. The van der Waals surface area contributed by atoms with Crippen molar-refractivity contribution in [2.24, 2.45) is 11.3 Å². The molecule has 0 aromatic carbocycles. The number of nitrogens with one attached hydrogen (secondary N) is 1. The van der Waals surface area contributed by atoms with E-state index in [9.17, 15) is 19.2 Å². The van der Waals surface area contributed by atoms with Crippen LogP contribution in [0.25, 0.3) is 0 Å². The van der Waals surface area contributed by atoms with Gasteiger partial charge in [-0.15, -0.1) is 0 Å². The molecule has 0 aromatic heterocycles. The van der Waals surface area contributed by atoms with E-state index < -0.39 is 17.5 Å². The van der Waals surface area contributed by atoms with E-state index in [4.69, 9.17) is 18.9 Å². The lowest BCUT2D eigenvalue weighted by atomic mass is 9.83. The third-order valence-corrected chi connectivity index (χ3v) is 6.79. The number of esters is 3. The second-order valence-electron chi connectivity index (χ2n) is 9.12. The van der Waals surface area contributed by atoms with Crippen LogP contribution in [0.5, 0.6) is 0 Å². The lowest BCUT2D eigenvalue weighted by Crippen LogP contribution is -2.35. The van der Waals surface area contributed by atoms with Crippen LogP contribution >= 0.6 is 11.8 Å². The molecule has 0 heterocycles. The molecule has 1 N–H and O–H groups in total. The maximum absolute atomic E-state index is 12.4. The Morgan fingerprint density at radius 1 is 0.972 bits per heavy atom. The highest BCUT2D eigenvalue weighted by Crippen LogP contribution is 2.32. The SMILES string of the molecule is C=C(C)C(=O)OCCNC(=O)OCCCCCCSCC(C)(CC(C)C(=O)OCCCC)C(=O)OC. The minimum atomic E-state index is -0.757. The van der Waals surface area contributed by atoms with Gasteiger partial charge in [-0.3, -0.25) is 9.59 Å². The summed E-state index contributed by atoms with van der Waals surface area (Å²) in [6.07, 6.45) is 5.24. The van der Waals surface area contributed by atoms with Crippen LogP contribution in [0, 0.1) is 11.3 Å². The zero-order valence-electron chi connectivity index (χ0n) is 22.7. The molecule has 0 fully saturated rings. The van der Waals surface area contributed by atoms with Gasteiger partial charge in [-0.25, -0.2) is 9.59 Å². The fourth-order valence-electron chi connectivity index (χ4n) is 3.26. The van der Waals surface area contributed by atoms with Crippen molar-refractivity contribution >= 4 is 35.8 Å². The van der Waals surface area contributed by atoms with E-state index in [1.807, 2.05) is 13.8 Å². The molecular weight excluding hydrogens is 486 g/mol. The smallest absolute Gasteiger partial charge is 0.407 e. The molecule has 208 valence electrons. The van der Waals surface area contributed by atoms with Gasteiger partial charge < -0.3 is 24.3 Å². The Kier molecular flexibility index (Phi) is 18.7. The molecule has 0 aliphatic rings. The van der Waals surface area contributed by atoms with E-state index in [0.29, 0.717) is 31.0 Å². The van der Waals surface area contributed by atoms with E-state index in [1.165, 1.54) is 7.11 Å². The Morgan fingerprint density at radius 3 is 2.28 bits per heavy atom. The second kappa shape index (κ2) is 19.9. The number of alkyl carbamates (subject to hydrolysis) is 1. The molecule has 0 aliphatic heterocycles. The Balaban J connectivity index is 4.04. The standard InChI is InChI=1S/C26H45NO8S/c1-7-8-14-33-23(29)21(4)18-26(5,24(30)32-6)19-36-17-12-10-9-11-15-35-25(31)27-13-16-34-22(28)20(2)3/h21H,2,7-19H2,1,3-6H3,(H,27,31). The number of unbranched alkanes of at least 4 members (excludes halogenated alkanes) is 4. The van der Waals surface area contributed by atoms with Gasteiger partial charge in [0, 0.05) is 11.3 Å². The van der Waals surface area contributed by atoms with Crippen molar-refractivity contribution in [2.45, 2.75) is 72.6 Å². The minimum absolute atomic E-state index is 0.0649. The van der Waals surface area contributed by atoms with Crippen LogP contribution < -0.4 is 5.32 Å². The number of rotatable bonds is 20. The van der Waals surface area contributed by atoms with Crippen molar-refractivity contribution in [1.82, 2.24) is 5.32 Å². The molecule has 2 atom stereocenters. The quantitative estimate of drug-likeness (QED) is 0.103. The van der Waals surface area contributed by atoms with Crippen LogP contribution in [0.1, 0.15) is 72.6 Å². The molecular formula is C26H45NO8S. The largest absolute Gasteiger partial charge is 0.469 e. The molecule has 0 saturated heterocycles. The third kappa shape index (κ3) is 15.7. The Hall–Kier alpha value is -2.23. The van der Waals surface area contributed by atoms with Gasteiger partial charge in [0.05, 0.1) is 38.2 Å². The first-order chi connectivity index (χ1) is 17.1. The van der Waals surface area contributed by atoms with Gasteiger partial charge in [-0.1, -0.05) is 39.7 Å². The average molecular weight is 532 g/mol. The van der Waals surface area contributed by atoms with Gasteiger partial charge in [0.25, 0.3) is 0 Å². The van der Waals surface area contributed by atoms with Gasteiger partial charge >= 0.3 is 24.0 Å². The summed E-state index contributed by atoms with van der Waals surface area (Å²) in [5.74, 6) is -0.00708. The first kappa shape index (κ1) is 33.8. The number of carbonyl (C=O) groups is 4. The summed E-state index contributed by atoms with van der Waals surface area (Å²) in [7, 11) is 1.37. The number of hydrogen-bond donors (Lipinski definition) is 1. The highest BCUT2D eigenvalue weighted by Gasteiger charge is 2.37. The van der Waals surface area contributed by atoms with Gasteiger partial charge in [-0.2, -0.15) is 11.8 Å². The number of methoxy groups -OCH3 is 1. The van der Waals surface area contributed by atoms with Crippen molar-refractivity contribution in [3.63, 3.8) is 0 Å². The van der Waals surface area contributed by atoms with Crippen LogP contribution in [0.3, 0.4) is 0 Å². The Bertz CT molecular complexity index is 699. The number of carbonyl (C=O) groups excluding carboxylic acids is 4. The van der Waals surface area contributed by atoms with Crippen LogP contribution in [0.15, 0.2) is 12.2 Å². The lowest BCUT2D eigenvalue weighted by molar-refractivity contribution is -0.155. The molecule has 0 spiro atoms. The average Bonchev–Trinajstić information content (AvgIpc) is 2.84. The number of ether oxygens (including phenoxy) is 4. The summed E-state index contributed by atoms with van der Waals surface area (Å²) in [4.78, 5) is 47.5. The molecule has 2 unspecified atom stereocenters. The number of thioether (sulfide) groups is 1. The molecule has 0 aliphatic carbocycles. The maximum Gasteiger partial charge on any atom is 0.407 e. The molecule has 9 nitrogen and oxygen atoms in total. The van der Waals surface area contributed by atoms with Crippen molar-refractivity contribution < 1.29 is 38.1 Å². The van der Waals surface area contributed by atoms with Gasteiger partial charge in [-0.05, 0) is 45.3 Å². The molecule has 10 heteroatoms. The van der Waals surface area contributed by atoms with E-state index in [0.717, 1.165) is 44.3 Å². The second-order valence-corrected chi connectivity index (χ2v) is 10.2. The van der Waals surface area contributed by atoms with Crippen molar-refractivity contribution in [1.29, 1.82) is 0 Å². The highest BCUT2D eigenvalue weighted by atomic mass is 32.2. The van der Waals surface area contributed by atoms with Gasteiger partial charge in [0.1, 0.15) is 6.61 Å². The number of amides is 1. The Morgan fingerprint density at radius 2 is 1.64 bits per heavy atom. The zero-order valence-corrected chi connectivity index (χ0v) is 23.5. The summed E-state index contributed by atoms with van der Waals surface area (Å²) >= 11 is 1.67. The maximum atomic E-state index is 12.4. The van der Waals surface area contributed by atoms with Crippen LogP contribution in [-0.2, 0) is 33.3 Å². The van der Waals surface area contributed by atoms with E-state index in [-0.39, 0.29) is 31.0 Å². The topological polar surface area (TPSA) is 117 Å². The summed E-state index contributed by atoms with van der Waals surface area (Å²) in [5, 5.41) is 2.52. The van der Waals surface area contributed by atoms with Gasteiger partial charge in [0.15, 0.2) is 0 Å². The minimum Gasteiger partial charge on any atom is -0.469 e. The van der Waals surface area contributed by atoms with E-state index in [1.54, 1.807) is 25.6 Å². The molecule has 0 radical (unpaired) electrons. The third-order valence-electron chi connectivity index (χ3n) is 5.37. The molecule has 0 rings (SSSR count).